The summed E-state index contributed by atoms with van der Waals surface area (Å²) in [6.45, 7) is 1.75. The van der Waals surface area contributed by atoms with Crippen molar-refractivity contribution in [3.05, 3.63) is 28.7 Å². The molecule has 0 saturated carbocycles. The number of benzene rings is 1. The third-order valence-corrected chi connectivity index (χ3v) is 3.52. The van der Waals surface area contributed by atoms with E-state index in [-0.39, 0.29) is 18.7 Å². The summed E-state index contributed by atoms with van der Waals surface area (Å²) in [7, 11) is 0. The van der Waals surface area contributed by atoms with Crippen molar-refractivity contribution < 1.29 is 14.7 Å². The van der Waals surface area contributed by atoms with Crippen LogP contribution in [0.5, 0.6) is 0 Å². The highest BCUT2D eigenvalue weighted by molar-refractivity contribution is 9.10. The molecule has 1 aliphatic rings. The van der Waals surface area contributed by atoms with Gasteiger partial charge in [0.15, 0.2) is 0 Å². The quantitative estimate of drug-likeness (QED) is 0.925. The van der Waals surface area contributed by atoms with Crippen molar-refractivity contribution in [1.29, 1.82) is 0 Å². The minimum absolute atomic E-state index is 0.0303. The van der Waals surface area contributed by atoms with Gasteiger partial charge in [-0.2, -0.15) is 5.10 Å². The highest BCUT2D eigenvalue weighted by Crippen LogP contribution is 2.27. The molecule has 5 nitrogen and oxygen atoms in total. The number of anilines is 1. The summed E-state index contributed by atoms with van der Waals surface area (Å²) in [6.07, 6.45) is 0.258. The van der Waals surface area contributed by atoms with Crippen molar-refractivity contribution in [2.45, 2.75) is 19.8 Å². The van der Waals surface area contributed by atoms with Crippen LogP contribution in [0.4, 0.5) is 5.69 Å². The second-order valence-corrected chi connectivity index (χ2v) is 5.27. The van der Waals surface area contributed by atoms with Gasteiger partial charge in [0.25, 0.3) is 5.91 Å². The number of aliphatic carboxylic acids is 1. The second-order valence-electron chi connectivity index (χ2n) is 4.35. The molecular weight excluding hydrogens is 312 g/mol. The Balaban J connectivity index is 2.15. The van der Waals surface area contributed by atoms with E-state index in [1.807, 2.05) is 12.1 Å². The fourth-order valence-electron chi connectivity index (χ4n) is 1.97. The average Bonchev–Trinajstić information content (AvgIpc) is 2.63. The van der Waals surface area contributed by atoms with Crippen LogP contribution in [-0.2, 0) is 9.59 Å². The van der Waals surface area contributed by atoms with Gasteiger partial charge in [-0.05, 0) is 37.6 Å². The van der Waals surface area contributed by atoms with Gasteiger partial charge in [0.05, 0.1) is 11.6 Å². The number of carboxylic acid groups (broad SMARTS) is 1. The van der Waals surface area contributed by atoms with Crippen LogP contribution in [-0.4, -0.2) is 22.7 Å². The maximum atomic E-state index is 12.2. The predicted molar refractivity (Wildman–Crippen MR) is 75.1 cm³/mol. The van der Waals surface area contributed by atoms with Crippen molar-refractivity contribution in [2.24, 2.45) is 11.0 Å². The summed E-state index contributed by atoms with van der Waals surface area (Å²) in [5, 5.41) is 14.3. The van der Waals surface area contributed by atoms with E-state index >= 15 is 0 Å². The maximum Gasteiger partial charge on any atom is 0.303 e. The second kappa shape index (κ2) is 5.52. The molecule has 1 heterocycles. The zero-order chi connectivity index (χ0) is 14.0. The molecule has 1 aromatic carbocycles. The number of hydrogen-bond donors (Lipinski definition) is 1. The van der Waals surface area contributed by atoms with Crippen LogP contribution in [0.3, 0.4) is 0 Å². The summed E-state index contributed by atoms with van der Waals surface area (Å²) in [5.41, 5.74) is 1.35. The molecule has 2 rings (SSSR count). The summed E-state index contributed by atoms with van der Waals surface area (Å²) >= 11 is 3.33. The maximum absolute atomic E-state index is 12.2. The summed E-state index contributed by atoms with van der Waals surface area (Å²) in [6, 6.07) is 7.24. The standard InChI is InChI=1S/C13H13BrN2O3/c1-8-11(6-7-12(17)18)13(19)16(15-8)10-4-2-9(14)3-5-10/h2-5,11H,6-7H2,1H3,(H,17,18). The third-order valence-electron chi connectivity index (χ3n) is 2.99. The molecule has 0 aromatic heterocycles. The lowest BCUT2D eigenvalue weighted by Gasteiger charge is -2.13. The molecule has 0 fully saturated rings. The summed E-state index contributed by atoms with van der Waals surface area (Å²) in [4.78, 5) is 22.8. The van der Waals surface area contributed by atoms with Gasteiger partial charge in [-0.3, -0.25) is 9.59 Å². The molecule has 6 heteroatoms. The van der Waals surface area contributed by atoms with Crippen molar-refractivity contribution in [1.82, 2.24) is 0 Å². The van der Waals surface area contributed by atoms with Gasteiger partial charge in [-0.15, -0.1) is 0 Å². The highest BCUT2D eigenvalue weighted by atomic mass is 79.9. The molecule has 1 unspecified atom stereocenters. The largest absolute Gasteiger partial charge is 0.481 e. The lowest BCUT2D eigenvalue weighted by atomic mass is 9.98. The molecule has 1 aliphatic heterocycles. The van der Waals surface area contributed by atoms with Gasteiger partial charge >= 0.3 is 5.97 Å². The molecule has 0 saturated heterocycles. The number of carboxylic acids is 1. The number of amides is 1. The van der Waals surface area contributed by atoms with Gasteiger partial charge in [-0.1, -0.05) is 15.9 Å². The Morgan fingerprint density at radius 2 is 2.05 bits per heavy atom. The van der Waals surface area contributed by atoms with Gasteiger partial charge < -0.3 is 5.11 Å². The fourth-order valence-corrected chi connectivity index (χ4v) is 2.23. The highest BCUT2D eigenvalue weighted by Gasteiger charge is 2.34. The Bertz CT molecular complexity index is 539. The lowest BCUT2D eigenvalue weighted by molar-refractivity contribution is -0.137. The third kappa shape index (κ3) is 3.01. The lowest BCUT2D eigenvalue weighted by Crippen LogP contribution is -2.27. The van der Waals surface area contributed by atoms with E-state index in [1.54, 1.807) is 19.1 Å². The fraction of sp³-hybridized carbons (Fsp3) is 0.308. The van der Waals surface area contributed by atoms with E-state index in [1.165, 1.54) is 5.01 Å². The van der Waals surface area contributed by atoms with E-state index in [0.29, 0.717) is 11.4 Å². The monoisotopic (exact) mass is 324 g/mol. The Labute approximate surface area is 119 Å². The van der Waals surface area contributed by atoms with Crippen LogP contribution in [0, 0.1) is 5.92 Å². The minimum atomic E-state index is -0.900. The Morgan fingerprint density at radius 3 is 2.63 bits per heavy atom. The topological polar surface area (TPSA) is 70.0 Å². The summed E-state index contributed by atoms with van der Waals surface area (Å²) < 4.78 is 0.922. The molecule has 1 N–H and O–H groups in total. The number of hydrogen-bond acceptors (Lipinski definition) is 3. The van der Waals surface area contributed by atoms with E-state index in [9.17, 15) is 9.59 Å². The van der Waals surface area contributed by atoms with Crippen LogP contribution < -0.4 is 5.01 Å². The van der Waals surface area contributed by atoms with Crippen molar-refractivity contribution in [3.8, 4) is 0 Å². The van der Waals surface area contributed by atoms with Crippen LogP contribution in [0.25, 0.3) is 0 Å². The molecule has 0 radical (unpaired) electrons. The van der Waals surface area contributed by atoms with Gasteiger partial charge in [0.2, 0.25) is 0 Å². The number of hydrazone groups is 1. The molecule has 0 aliphatic carbocycles. The molecule has 0 spiro atoms. The molecule has 100 valence electrons. The Hall–Kier alpha value is -1.69. The minimum Gasteiger partial charge on any atom is -0.481 e. The average molecular weight is 325 g/mol. The van der Waals surface area contributed by atoms with Gasteiger partial charge in [0, 0.05) is 16.6 Å². The molecule has 1 amide bonds. The normalized spacial score (nSPS) is 18.6. The van der Waals surface area contributed by atoms with Crippen molar-refractivity contribution >= 4 is 39.2 Å². The molecule has 19 heavy (non-hydrogen) atoms. The van der Waals surface area contributed by atoms with Gasteiger partial charge in [-0.25, -0.2) is 5.01 Å². The zero-order valence-electron chi connectivity index (χ0n) is 10.3. The van der Waals surface area contributed by atoms with E-state index < -0.39 is 11.9 Å². The number of carbonyl (C=O) groups is 2. The number of nitrogens with zero attached hydrogens (tertiary/aromatic N) is 2. The predicted octanol–water partition coefficient (Wildman–Crippen LogP) is 2.65. The first-order chi connectivity index (χ1) is 8.99. The summed E-state index contributed by atoms with van der Waals surface area (Å²) in [5.74, 6) is -1.50. The molecule has 1 aromatic rings. The van der Waals surface area contributed by atoms with Crippen molar-refractivity contribution in [2.75, 3.05) is 5.01 Å². The molecule has 0 bridgehead atoms. The van der Waals surface area contributed by atoms with Crippen LogP contribution in [0.15, 0.2) is 33.8 Å². The van der Waals surface area contributed by atoms with E-state index in [0.717, 1.165) is 4.47 Å². The van der Waals surface area contributed by atoms with E-state index in [4.69, 9.17) is 5.11 Å². The first-order valence-corrected chi connectivity index (χ1v) is 6.65. The number of carbonyl (C=O) groups excluding carboxylic acids is 1. The molecular formula is C13H13BrN2O3. The number of halogens is 1. The first kappa shape index (κ1) is 13.7. The van der Waals surface area contributed by atoms with Gasteiger partial charge in [0.1, 0.15) is 0 Å². The SMILES string of the molecule is CC1=NN(c2ccc(Br)cc2)C(=O)C1CCC(=O)O. The Morgan fingerprint density at radius 1 is 1.42 bits per heavy atom. The van der Waals surface area contributed by atoms with Crippen molar-refractivity contribution in [3.63, 3.8) is 0 Å². The van der Waals surface area contributed by atoms with E-state index in [2.05, 4.69) is 21.0 Å². The smallest absolute Gasteiger partial charge is 0.303 e. The number of rotatable bonds is 4. The van der Waals surface area contributed by atoms with Crippen LogP contribution in [0.1, 0.15) is 19.8 Å². The van der Waals surface area contributed by atoms with Crippen LogP contribution in [0.2, 0.25) is 0 Å². The Kier molecular flexibility index (Phi) is 3.99. The van der Waals surface area contributed by atoms with Crippen LogP contribution >= 0.6 is 15.9 Å². The first-order valence-electron chi connectivity index (χ1n) is 5.85. The zero-order valence-corrected chi connectivity index (χ0v) is 11.9. The molecule has 1 atom stereocenters.